The Morgan fingerprint density at radius 2 is 1.78 bits per heavy atom. The van der Waals surface area contributed by atoms with Crippen molar-refractivity contribution < 1.29 is 9.90 Å². The number of nitrogens with one attached hydrogen (secondary N) is 1. The van der Waals surface area contributed by atoms with Crippen LogP contribution < -0.4 is 5.32 Å². The lowest BCUT2D eigenvalue weighted by Gasteiger charge is -2.28. The molecule has 2 aromatic rings. The smallest absolute Gasteiger partial charge is 0.234 e. The highest BCUT2D eigenvalue weighted by Gasteiger charge is 2.28. The molecular weight excluding hydrogens is 336 g/mol. The molecule has 144 valence electrons. The molecular formula is C23H30N2O2. The monoisotopic (exact) mass is 366 g/mol. The first-order chi connectivity index (χ1) is 13.0. The maximum atomic E-state index is 12.8. The molecule has 0 heterocycles. The molecule has 3 rings (SSSR count). The molecule has 0 spiro atoms. The van der Waals surface area contributed by atoms with Crippen molar-refractivity contribution in [2.45, 2.75) is 44.7 Å². The standard InChI is InChI=1S/C23H30N2O2/c1-17(20-13-8-14-21(26)15-20)25(2)16-22(27)24-23(19-11-6-7-12-19)18-9-4-3-5-10-18/h3-5,8-10,13-15,17,19,23,26H,6-7,11-12,16H2,1-2H3,(H,24,27). The molecule has 2 aromatic carbocycles. The van der Waals surface area contributed by atoms with Crippen molar-refractivity contribution in [3.63, 3.8) is 0 Å². The van der Waals surface area contributed by atoms with E-state index in [9.17, 15) is 9.90 Å². The number of aromatic hydroxyl groups is 1. The first-order valence-electron chi connectivity index (χ1n) is 9.88. The summed E-state index contributed by atoms with van der Waals surface area (Å²) in [7, 11) is 1.95. The molecule has 0 aromatic heterocycles. The summed E-state index contributed by atoms with van der Waals surface area (Å²) in [4.78, 5) is 14.8. The van der Waals surface area contributed by atoms with E-state index in [0.29, 0.717) is 12.5 Å². The highest BCUT2D eigenvalue weighted by molar-refractivity contribution is 5.78. The third-order valence-corrected chi connectivity index (χ3v) is 5.75. The largest absolute Gasteiger partial charge is 0.508 e. The number of hydrogen-bond acceptors (Lipinski definition) is 3. The minimum absolute atomic E-state index is 0.0458. The average molecular weight is 367 g/mol. The zero-order valence-electron chi connectivity index (χ0n) is 16.3. The van der Waals surface area contributed by atoms with Crippen LogP contribution in [0.2, 0.25) is 0 Å². The average Bonchev–Trinajstić information content (AvgIpc) is 3.20. The molecule has 4 heteroatoms. The fourth-order valence-corrected chi connectivity index (χ4v) is 4.05. The molecule has 1 aliphatic rings. The Labute approximate surface area is 162 Å². The number of hydrogen-bond donors (Lipinski definition) is 2. The van der Waals surface area contributed by atoms with Crippen LogP contribution in [0.25, 0.3) is 0 Å². The Hall–Kier alpha value is -2.33. The summed E-state index contributed by atoms with van der Waals surface area (Å²) in [5.41, 5.74) is 2.20. The SMILES string of the molecule is CC(c1cccc(O)c1)N(C)CC(=O)NC(c1ccccc1)C1CCCC1. The van der Waals surface area contributed by atoms with Gasteiger partial charge in [-0.15, -0.1) is 0 Å². The van der Waals surface area contributed by atoms with Gasteiger partial charge in [-0.2, -0.15) is 0 Å². The maximum absolute atomic E-state index is 12.8. The lowest BCUT2D eigenvalue weighted by atomic mass is 9.91. The summed E-state index contributed by atoms with van der Waals surface area (Å²) in [6.45, 7) is 2.38. The number of carbonyl (C=O) groups excluding carboxylic acids is 1. The van der Waals surface area contributed by atoms with Crippen LogP contribution in [0.3, 0.4) is 0 Å². The number of likely N-dealkylation sites (N-methyl/N-ethyl adjacent to an activating group) is 1. The van der Waals surface area contributed by atoms with Gasteiger partial charge in [0.15, 0.2) is 0 Å². The summed E-state index contributed by atoms with van der Waals surface area (Å²) >= 11 is 0. The van der Waals surface area contributed by atoms with Gasteiger partial charge < -0.3 is 10.4 Å². The molecule has 0 radical (unpaired) electrons. The molecule has 27 heavy (non-hydrogen) atoms. The van der Waals surface area contributed by atoms with E-state index in [1.165, 1.54) is 31.2 Å². The number of benzene rings is 2. The van der Waals surface area contributed by atoms with Gasteiger partial charge in [-0.3, -0.25) is 9.69 Å². The number of nitrogens with zero attached hydrogens (tertiary/aromatic N) is 1. The topological polar surface area (TPSA) is 52.6 Å². The van der Waals surface area contributed by atoms with Crippen LogP contribution in [-0.4, -0.2) is 29.5 Å². The Morgan fingerprint density at radius 3 is 2.44 bits per heavy atom. The van der Waals surface area contributed by atoms with Gasteiger partial charge >= 0.3 is 0 Å². The fraction of sp³-hybridized carbons (Fsp3) is 0.435. The van der Waals surface area contributed by atoms with Crippen molar-refractivity contribution in [2.75, 3.05) is 13.6 Å². The van der Waals surface area contributed by atoms with E-state index in [4.69, 9.17) is 0 Å². The second-order valence-corrected chi connectivity index (χ2v) is 7.69. The van der Waals surface area contributed by atoms with E-state index in [0.717, 1.165) is 5.56 Å². The normalized spacial score (nSPS) is 17.0. The summed E-state index contributed by atoms with van der Waals surface area (Å²) in [6.07, 6.45) is 4.85. The van der Waals surface area contributed by atoms with Gasteiger partial charge in [-0.05, 0) is 56.0 Å². The fourth-order valence-electron chi connectivity index (χ4n) is 4.05. The molecule has 1 aliphatic carbocycles. The highest BCUT2D eigenvalue weighted by atomic mass is 16.3. The number of phenols is 1. The Balaban J connectivity index is 1.65. The summed E-state index contributed by atoms with van der Waals surface area (Å²) in [5, 5.41) is 13.0. The number of rotatable bonds is 7. The number of amides is 1. The van der Waals surface area contributed by atoms with Crippen molar-refractivity contribution in [3.05, 3.63) is 65.7 Å². The summed E-state index contributed by atoms with van der Waals surface area (Å²) in [6, 6.07) is 17.7. The number of carbonyl (C=O) groups is 1. The summed E-state index contributed by atoms with van der Waals surface area (Å²) < 4.78 is 0. The molecule has 1 fully saturated rings. The molecule has 4 nitrogen and oxygen atoms in total. The molecule has 2 N–H and O–H groups in total. The van der Waals surface area contributed by atoms with Crippen LogP contribution in [0.15, 0.2) is 54.6 Å². The van der Waals surface area contributed by atoms with E-state index < -0.39 is 0 Å². The predicted molar refractivity (Wildman–Crippen MR) is 108 cm³/mol. The van der Waals surface area contributed by atoms with Crippen LogP contribution in [-0.2, 0) is 4.79 Å². The van der Waals surface area contributed by atoms with Gasteiger partial charge in [0.05, 0.1) is 12.6 Å². The van der Waals surface area contributed by atoms with Crippen LogP contribution in [0.1, 0.15) is 55.8 Å². The van der Waals surface area contributed by atoms with E-state index >= 15 is 0 Å². The van der Waals surface area contributed by atoms with Crippen LogP contribution in [0.5, 0.6) is 5.75 Å². The molecule has 0 saturated heterocycles. The molecule has 1 amide bonds. The van der Waals surface area contributed by atoms with Gasteiger partial charge in [0.1, 0.15) is 5.75 Å². The van der Waals surface area contributed by atoms with Gasteiger partial charge in [0.25, 0.3) is 0 Å². The first kappa shape index (κ1) is 19.4. The third kappa shape index (κ3) is 5.10. The van der Waals surface area contributed by atoms with Crippen molar-refractivity contribution in [1.82, 2.24) is 10.2 Å². The maximum Gasteiger partial charge on any atom is 0.234 e. The third-order valence-electron chi connectivity index (χ3n) is 5.75. The van der Waals surface area contributed by atoms with Crippen LogP contribution >= 0.6 is 0 Å². The van der Waals surface area contributed by atoms with Gasteiger partial charge in [0, 0.05) is 6.04 Å². The molecule has 0 bridgehead atoms. The Kier molecular flexibility index (Phi) is 6.51. The lowest BCUT2D eigenvalue weighted by molar-refractivity contribution is -0.123. The minimum Gasteiger partial charge on any atom is -0.508 e. The zero-order valence-corrected chi connectivity index (χ0v) is 16.3. The number of phenolic OH excluding ortho intramolecular Hbond substituents is 1. The van der Waals surface area contributed by atoms with Crippen molar-refractivity contribution in [2.24, 2.45) is 5.92 Å². The zero-order chi connectivity index (χ0) is 19.2. The quantitative estimate of drug-likeness (QED) is 0.762. The Morgan fingerprint density at radius 1 is 1.11 bits per heavy atom. The van der Waals surface area contributed by atoms with E-state index in [1.54, 1.807) is 12.1 Å². The van der Waals surface area contributed by atoms with E-state index in [1.807, 2.05) is 49.2 Å². The van der Waals surface area contributed by atoms with Gasteiger partial charge in [-0.25, -0.2) is 0 Å². The lowest BCUT2D eigenvalue weighted by Crippen LogP contribution is -2.40. The van der Waals surface area contributed by atoms with E-state index in [2.05, 4.69) is 17.4 Å². The highest BCUT2D eigenvalue weighted by Crippen LogP contribution is 2.35. The minimum atomic E-state index is 0.0458. The summed E-state index contributed by atoms with van der Waals surface area (Å²) in [5.74, 6) is 0.818. The van der Waals surface area contributed by atoms with Gasteiger partial charge in [-0.1, -0.05) is 55.3 Å². The van der Waals surface area contributed by atoms with Crippen LogP contribution in [0.4, 0.5) is 0 Å². The molecule has 2 atom stereocenters. The second kappa shape index (κ2) is 9.05. The van der Waals surface area contributed by atoms with Gasteiger partial charge in [0.2, 0.25) is 5.91 Å². The van der Waals surface area contributed by atoms with E-state index in [-0.39, 0.29) is 23.7 Å². The van der Waals surface area contributed by atoms with Crippen LogP contribution in [0, 0.1) is 5.92 Å². The predicted octanol–water partition coefficient (Wildman–Crippen LogP) is 4.43. The first-order valence-corrected chi connectivity index (χ1v) is 9.88. The van der Waals surface area contributed by atoms with Crippen molar-refractivity contribution in [1.29, 1.82) is 0 Å². The van der Waals surface area contributed by atoms with Crippen molar-refractivity contribution >= 4 is 5.91 Å². The Bertz CT molecular complexity index is 741. The van der Waals surface area contributed by atoms with Crippen molar-refractivity contribution in [3.8, 4) is 5.75 Å². The molecule has 2 unspecified atom stereocenters. The molecule has 0 aliphatic heterocycles. The second-order valence-electron chi connectivity index (χ2n) is 7.69. The molecule has 1 saturated carbocycles.